The number of nitrogens with zero attached hydrogens (tertiary/aromatic N) is 1. The molecule has 1 heterocycles. The van der Waals surface area contributed by atoms with Gasteiger partial charge in [0.05, 0.1) is 42.0 Å². The normalized spacial score (nSPS) is 16.7. The SMILES string of the molecule is COc1cc(F)c(-c2ccc(C(=O)O)cc2Cl)cc1-c1ccc(C(F)(F)F)cc1CN1C(=O)O[C@H](c2cc(C(F)(F)F)cc(C(F)(F)F)c2)[C@@H]1C. The van der Waals surface area contributed by atoms with Crippen molar-refractivity contribution in [2.24, 2.45) is 0 Å². The molecule has 2 atom stereocenters. The van der Waals surface area contributed by atoms with Crippen molar-refractivity contribution in [2.75, 3.05) is 7.11 Å². The average molecular weight is 750 g/mol. The summed E-state index contributed by atoms with van der Waals surface area (Å²) in [6, 6.07) is 7.27. The summed E-state index contributed by atoms with van der Waals surface area (Å²) >= 11 is 6.26. The van der Waals surface area contributed by atoms with E-state index >= 15 is 4.39 Å². The number of rotatable bonds is 7. The van der Waals surface area contributed by atoms with Gasteiger partial charge in [-0.05, 0) is 72.1 Å². The minimum atomic E-state index is -5.20. The Hall–Kier alpha value is -4.99. The highest BCUT2D eigenvalue weighted by Crippen LogP contribution is 2.44. The molecular weight excluding hydrogens is 728 g/mol. The van der Waals surface area contributed by atoms with E-state index in [0.717, 1.165) is 36.3 Å². The number of carbonyl (C=O) groups is 2. The van der Waals surface area contributed by atoms with Crippen LogP contribution in [0.2, 0.25) is 5.02 Å². The summed E-state index contributed by atoms with van der Waals surface area (Å²) in [7, 11) is 1.14. The summed E-state index contributed by atoms with van der Waals surface area (Å²) in [5, 5.41) is 9.08. The number of halogens is 11. The summed E-state index contributed by atoms with van der Waals surface area (Å²) < 4.78 is 149. The van der Waals surface area contributed by atoms with E-state index in [1.165, 1.54) is 19.1 Å². The lowest BCUT2D eigenvalue weighted by atomic mass is 9.92. The number of carboxylic acid groups (broad SMARTS) is 1. The molecule has 0 radical (unpaired) electrons. The molecule has 0 bridgehead atoms. The Labute approximate surface area is 286 Å². The quantitative estimate of drug-likeness (QED) is 0.190. The van der Waals surface area contributed by atoms with E-state index in [1.807, 2.05) is 0 Å². The molecule has 0 aliphatic carbocycles. The van der Waals surface area contributed by atoms with E-state index in [2.05, 4.69) is 0 Å². The van der Waals surface area contributed by atoms with Crippen LogP contribution >= 0.6 is 11.6 Å². The molecule has 0 aromatic heterocycles. The van der Waals surface area contributed by atoms with E-state index in [9.17, 15) is 54.2 Å². The third-order valence-corrected chi connectivity index (χ3v) is 8.50. The summed E-state index contributed by atoms with van der Waals surface area (Å²) in [6.07, 6.45) is -18.3. The van der Waals surface area contributed by atoms with Crippen LogP contribution in [0.25, 0.3) is 22.3 Å². The highest BCUT2D eigenvalue weighted by Gasteiger charge is 2.44. The molecule has 0 spiro atoms. The Morgan fingerprint density at radius 1 is 0.804 bits per heavy atom. The van der Waals surface area contributed by atoms with E-state index in [-0.39, 0.29) is 50.2 Å². The minimum Gasteiger partial charge on any atom is -0.496 e. The average Bonchev–Trinajstić information content (AvgIpc) is 3.31. The molecular formula is C34H22ClF10NO5. The highest BCUT2D eigenvalue weighted by atomic mass is 35.5. The third kappa shape index (κ3) is 7.55. The third-order valence-electron chi connectivity index (χ3n) is 8.19. The maximum absolute atomic E-state index is 15.4. The summed E-state index contributed by atoms with van der Waals surface area (Å²) in [6.45, 7) is 0.528. The van der Waals surface area contributed by atoms with Crippen molar-refractivity contribution in [3.05, 3.63) is 111 Å². The number of alkyl halides is 9. The number of aromatic carboxylic acids is 1. The zero-order chi connectivity index (χ0) is 37.8. The Morgan fingerprint density at radius 2 is 1.39 bits per heavy atom. The maximum Gasteiger partial charge on any atom is 0.416 e. The van der Waals surface area contributed by atoms with Gasteiger partial charge in [0.25, 0.3) is 0 Å². The predicted molar refractivity (Wildman–Crippen MR) is 161 cm³/mol. The molecule has 1 N–H and O–H groups in total. The number of hydrogen-bond donors (Lipinski definition) is 1. The molecule has 1 amide bonds. The number of cyclic esters (lactones) is 1. The van der Waals surface area contributed by atoms with Crippen LogP contribution in [-0.2, 0) is 29.8 Å². The Balaban J connectivity index is 1.62. The molecule has 6 nitrogen and oxygen atoms in total. The fraction of sp³-hybridized carbons (Fsp3) is 0.235. The topological polar surface area (TPSA) is 76.1 Å². The van der Waals surface area contributed by atoms with Crippen LogP contribution in [0.4, 0.5) is 48.7 Å². The van der Waals surface area contributed by atoms with Crippen molar-refractivity contribution >= 4 is 23.7 Å². The molecule has 0 saturated carbocycles. The van der Waals surface area contributed by atoms with E-state index in [0.29, 0.717) is 24.3 Å². The lowest BCUT2D eigenvalue weighted by Gasteiger charge is -2.24. The highest BCUT2D eigenvalue weighted by molar-refractivity contribution is 6.33. The molecule has 51 heavy (non-hydrogen) atoms. The van der Waals surface area contributed by atoms with Crippen LogP contribution in [0.1, 0.15) is 51.2 Å². The van der Waals surface area contributed by atoms with E-state index < -0.39 is 77.4 Å². The first-order valence-electron chi connectivity index (χ1n) is 14.5. The van der Waals surface area contributed by atoms with Gasteiger partial charge in [-0.3, -0.25) is 4.90 Å². The summed E-state index contributed by atoms with van der Waals surface area (Å²) in [5.74, 6) is -2.42. The summed E-state index contributed by atoms with van der Waals surface area (Å²) in [4.78, 5) is 25.3. The van der Waals surface area contributed by atoms with Gasteiger partial charge in [-0.15, -0.1) is 0 Å². The Bertz CT molecular complexity index is 1990. The zero-order valence-electron chi connectivity index (χ0n) is 25.9. The Morgan fingerprint density at radius 3 is 1.92 bits per heavy atom. The molecule has 4 aromatic carbocycles. The molecule has 4 aromatic rings. The molecule has 1 saturated heterocycles. The zero-order valence-corrected chi connectivity index (χ0v) is 26.7. The lowest BCUT2D eigenvalue weighted by Crippen LogP contribution is -2.32. The van der Waals surface area contributed by atoms with Crippen LogP contribution in [0.15, 0.2) is 66.7 Å². The molecule has 0 unspecified atom stereocenters. The number of methoxy groups -OCH3 is 1. The van der Waals surface area contributed by atoms with Gasteiger partial charge in [0.1, 0.15) is 17.7 Å². The minimum absolute atomic E-state index is 0.00966. The van der Waals surface area contributed by atoms with Crippen molar-refractivity contribution in [1.29, 1.82) is 0 Å². The first-order valence-corrected chi connectivity index (χ1v) is 14.9. The van der Waals surface area contributed by atoms with Crippen LogP contribution in [0.5, 0.6) is 5.75 Å². The first-order chi connectivity index (χ1) is 23.6. The predicted octanol–water partition coefficient (Wildman–Crippen LogP) is 10.7. The second-order valence-corrected chi connectivity index (χ2v) is 11.8. The maximum atomic E-state index is 15.4. The second kappa shape index (κ2) is 13.3. The van der Waals surface area contributed by atoms with Crippen molar-refractivity contribution in [3.63, 3.8) is 0 Å². The van der Waals surface area contributed by atoms with Crippen LogP contribution in [-0.4, -0.2) is 35.2 Å². The largest absolute Gasteiger partial charge is 0.496 e. The number of carbonyl (C=O) groups excluding carboxylic acids is 1. The van der Waals surface area contributed by atoms with Gasteiger partial charge in [-0.2, -0.15) is 39.5 Å². The van der Waals surface area contributed by atoms with Crippen LogP contribution in [0, 0.1) is 5.82 Å². The van der Waals surface area contributed by atoms with E-state index in [1.54, 1.807) is 0 Å². The van der Waals surface area contributed by atoms with Gasteiger partial charge >= 0.3 is 30.6 Å². The van der Waals surface area contributed by atoms with Crippen molar-refractivity contribution < 1.29 is 68.1 Å². The van der Waals surface area contributed by atoms with Gasteiger partial charge in [-0.25, -0.2) is 14.0 Å². The number of carboxylic acids is 1. The van der Waals surface area contributed by atoms with Gasteiger partial charge < -0.3 is 14.6 Å². The smallest absolute Gasteiger partial charge is 0.416 e. The van der Waals surface area contributed by atoms with Crippen molar-refractivity contribution in [1.82, 2.24) is 4.90 Å². The van der Waals surface area contributed by atoms with Gasteiger partial charge in [-0.1, -0.05) is 23.7 Å². The number of ether oxygens (including phenoxy) is 2. The molecule has 1 fully saturated rings. The number of hydrogen-bond acceptors (Lipinski definition) is 4. The van der Waals surface area contributed by atoms with Gasteiger partial charge in [0.15, 0.2) is 0 Å². The molecule has 17 heteroatoms. The van der Waals surface area contributed by atoms with Crippen LogP contribution in [0.3, 0.4) is 0 Å². The first kappa shape index (κ1) is 37.3. The Kier molecular flexibility index (Phi) is 9.71. The number of amides is 1. The van der Waals surface area contributed by atoms with Crippen LogP contribution < -0.4 is 4.74 Å². The molecule has 270 valence electrons. The fourth-order valence-electron chi connectivity index (χ4n) is 5.66. The molecule has 1 aliphatic rings. The molecule has 1 aliphatic heterocycles. The van der Waals surface area contributed by atoms with Crippen molar-refractivity contribution in [3.8, 4) is 28.0 Å². The molecule has 5 rings (SSSR count). The lowest BCUT2D eigenvalue weighted by molar-refractivity contribution is -0.143. The fourth-order valence-corrected chi connectivity index (χ4v) is 5.94. The summed E-state index contributed by atoms with van der Waals surface area (Å²) in [5.41, 5.74) is -5.86. The number of benzene rings is 4. The van der Waals surface area contributed by atoms with Gasteiger partial charge in [0.2, 0.25) is 0 Å². The standard InChI is InChI=1S/C34H22ClF10NO5/c1-15-29(17-7-20(33(40,41)42)11-21(8-17)34(43,44)45)51-31(49)46(15)14-18-9-19(32(37,38)39)4-6-22(18)25-12-24(27(36)13-28(25)50-2)23-5-3-16(30(47)48)10-26(23)35/h3-13,15,29H,14H2,1-2H3,(H,47,48)/t15-,29-/m0/s1. The second-order valence-electron chi connectivity index (χ2n) is 11.4. The van der Waals surface area contributed by atoms with Gasteiger partial charge in [0, 0.05) is 27.8 Å². The van der Waals surface area contributed by atoms with Crippen molar-refractivity contribution in [2.45, 2.75) is 44.1 Å². The monoisotopic (exact) mass is 749 g/mol. The van der Waals surface area contributed by atoms with E-state index in [4.69, 9.17) is 21.1 Å².